The van der Waals surface area contributed by atoms with Gasteiger partial charge in [0.15, 0.2) is 0 Å². The van der Waals surface area contributed by atoms with Gasteiger partial charge in [0.05, 0.1) is 25.4 Å². The van der Waals surface area contributed by atoms with E-state index in [9.17, 15) is 0 Å². The van der Waals surface area contributed by atoms with Gasteiger partial charge in [0.1, 0.15) is 0 Å². The van der Waals surface area contributed by atoms with Gasteiger partial charge in [-0.1, -0.05) is 0 Å². The van der Waals surface area contributed by atoms with Crippen molar-refractivity contribution in [2.75, 3.05) is 26.4 Å². The Hall–Kier alpha value is -0.160. The fourth-order valence-corrected chi connectivity index (χ4v) is 1.83. The molecule has 1 aliphatic heterocycles. The molecule has 0 spiro atoms. The molecule has 0 aromatic rings. The molecule has 0 aromatic heterocycles. The standard InChI is InChI=1S/C10H22N2O2/c1-10(8-13-5-6-14-10)7-9(12)3-2-4-11/h9H,2-8,11-12H2,1H3. The normalized spacial score (nSPS) is 30.2. The highest BCUT2D eigenvalue weighted by Crippen LogP contribution is 2.22. The lowest BCUT2D eigenvalue weighted by Gasteiger charge is -2.35. The minimum atomic E-state index is -0.188. The molecule has 1 fully saturated rings. The van der Waals surface area contributed by atoms with E-state index in [0.717, 1.165) is 19.3 Å². The second kappa shape index (κ2) is 5.66. The van der Waals surface area contributed by atoms with Crippen LogP contribution >= 0.6 is 0 Å². The first-order chi connectivity index (χ1) is 6.66. The van der Waals surface area contributed by atoms with Crippen LogP contribution in [0.4, 0.5) is 0 Å². The van der Waals surface area contributed by atoms with E-state index < -0.39 is 0 Å². The van der Waals surface area contributed by atoms with Crippen molar-refractivity contribution in [2.45, 2.75) is 37.8 Å². The number of nitrogens with two attached hydrogens (primary N) is 2. The predicted molar refractivity (Wildman–Crippen MR) is 56.1 cm³/mol. The van der Waals surface area contributed by atoms with Crippen LogP contribution in [0.1, 0.15) is 26.2 Å². The lowest BCUT2D eigenvalue weighted by Crippen LogP contribution is -2.44. The first kappa shape index (κ1) is 11.9. The fourth-order valence-electron chi connectivity index (χ4n) is 1.83. The summed E-state index contributed by atoms with van der Waals surface area (Å²) in [6.07, 6.45) is 2.81. The highest BCUT2D eigenvalue weighted by Gasteiger charge is 2.30. The van der Waals surface area contributed by atoms with Crippen molar-refractivity contribution in [2.24, 2.45) is 11.5 Å². The van der Waals surface area contributed by atoms with E-state index in [2.05, 4.69) is 6.92 Å². The van der Waals surface area contributed by atoms with E-state index in [1.807, 2.05) is 0 Å². The third-order valence-electron chi connectivity index (χ3n) is 2.56. The molecular formula is C10H22N2O2. The number of hydrogen-bond acceptors (Lipinski definition) is 4. The molecule has 4 N–H and O–H groups in total. The monoisotopic (exact) mass is 202 g/mol. The molecule has 1 aliphatic rings. The summed E-state index contributed by atoms with van der Waals surface area (Å²) in [6, 6.07) is 0.172. The molecule has 0 aromatic carbocycles. The molecule has 0 saturated carbocycles. The van der Waals surface area contributed by atoms with Crippen LogP contribution in [0.5, 0.6) is 0 Å². The van der Waals surface area contributed by atoms with Crippen LogP contribution < -0.4 is 11.5 Å². The molecule has 4 heteroatoms. The Morgan fingerprint density at radius 3 is 2.79 bits per heavy atom. The van der Waals surface area contributed by atoms with Gasteiger partial charge >= 0.3 is 0 Å². The van der Waals surface area contributed by atoms with E-state index in [1.165, 1.54) is 0 Å². The molecule has 0 amide bonds. The highest BCUT2D eigenvalue weighted by atomic mass is 16.6. The Bertz CT molecular complexity index is 158. The molecule has 4 nitrogen and oxygen atoms in total. The number of hydrogen-bond donors (Lipinski definition) is 2. The maximum absolute atomic E-state index is 5.98. The van der Waals surface area contributed by atoms with Gasteiger partial charge in [-0.3, -0.25) is 0 Å². The van der Waals surface area contributed by atoms with Gasteiger partial charge in [-0.25, -0.2) is 0 Å². The van der Waals surface area contributed by atoms with Crippen LogP contribution in [0.15, 0.2) is 0 Å². The van der Waals surface area contributed by atoms with Crippen LogP contribution in [0, 0.1) is 0 Å². The molecule has 1 heterocycles. The summed E-state index contributed by atoms with van der Waals surface area (Å²) in [6.45, 7) is 4.81. The second-order valence-electron chi connectivity index (χ2n) is 4.25. The minimum Gasteiger partial charge on any atom is -0.376 e. The number of rotatable bonds is 5. The Labute approximate surface area is 85.9 Å². The summed E-state index contributed by atoms with van der Waals surface area (Å²) in [4.78, 5) is 0. The molecule has 2 atom stereocenters. The molecule has 14 heavy (non-hydrogen) atoms. The fraction of sp³-hybridized carbons (Fsp3) is 1.00. The molecule has 2 unspecified atom stereocenters. The summed E-state index contributed by atoms with van der Waals surface area (Å²) in [5.41, 5.74) is 11.2. The van der Waals surface area contributed by atoms with Crippen LogP contribution in [0.3, 0.4) is 0 Å². The topological polar surface area (TPSA) is 70.5 Å². The van der Waals surface area contributed by atoms with Crippen LogP contribution in [0.2, 0.25) is 0 Å². The predicted octanol–water partition coefficient (Wildman–Crippen LogP) is 0.248. The van der Waals surface area contributed by atoms with Gasteiger partial charge in [0, 0.05) is 6.04 Å². The summed E-state index contributed by atoms with van der Waals surface area (Å²) < 4.78 is 11.1. The van der Waals surface area contributed by atoms with Crippen LogP contribution in [0.25, 0.3) is 0 Å². The minimum absolute atomic E-state index is 0.172. The summed E-state index contributed by atoms with van der Waals surface area (Å²) >= 11 is 0. The average Bonchev–Trinajstić information content (AvgIpc) is 2.15. The van der Waals surface area contributed by atoms with Crippen molar-refractivity contribution in [1.82, 2.24) is 0 Å². The van der Waals surface area contributed by atoms with Gasteiger partial charge < -0.3 is 20.9 Å². The van der Waals surface area contributed by atoms with Crippen molar-refractivity contribution >= 4 is 0 Å². The Balaban J connectivity index is 2.25. The largest absolute Gasteiger partial charge is 0.376 e. The van der Waals surface area contributed by atoms with Crippen molar-refractivity contribution < 1.29 is 9.47 Å². The first-order valence-corrected chi connectivity index (χ1v) is 5.34. The van der Waals surface area contributed by atoms with E-state index in [0.29, 0.717) is 26.4 Å². The van der Waals surface area contributed by atoms with Crippen molar-refractivity contribution in [3.8, 4) is 0 Å². The second-order valence-corrected chi connectivity index (χ2v) is 4.25. The van der Waals surface area contributed by atoms with Gasteiger partial charge in [0.2, 0.25) is 0 Å². The van der Waals surface area contributed by atoms with Crippen molar-refractivity contribution in [3.05, 3.63) is 0 Å². The molecule has 1 saturated heterocycles. The number of ether oxygens (including phenoxy) is 2. The average molecular weight is 202 g/mol. The van der Waals surface area contributed by atoms with Gasteiger partial charge in [0.25, 0.3) is 0 Å². The van der Waals surface area contributed by atoms with Crippen molar-refractivity contribution in [3.63, 3.8) is 0 Å². The Morgan fingerprint density at radius 1 is 1.43 bits per heavy atom. The highest BCUT2D eigenvalue weighted by molar-refractivity contribution is 4.82. The third-order valence-corrected chi connectivity index (χ3v) is 2.56. The molecule has 1 rings (SSSR count). The molecule has 0 radical (unpaired) electrons. The van der Waals surface area contributed by atoms with E-state index in [4.69, 9.17) is 20.9 Å². The molecule has 0 aliphatic carbocycles. The van der Waals surface area contributed by atoms with E-state index >= 15 is 0 Å². The third kappa shape index (κ3) is 3.92. The molecule has 0 bridgehead atoms. The van der Waals surface area contributed by atoms with Gasteiger partial charge in [-0.05, 0) is 32.7 Å². The first-order valence-electron chi connectivity index (χ1n) is 5.34. The molecular weight excluding hydrogens is 180 g/mol. The molecule has 84 valence electrons. The summed E-state index contributed by atoms with van der Waals surface area (Å²) in [7, 11) is 0. The lowest BCUT2D eigenvalue weighted by molar-refractivity contribution is -0.152. The smallest absolute Gasteiger partial charge is 0.0902 e. The summed E-state index contributed by atoms with van der Waals surface area (Å²) in [5, 5.41) is 0. The zero-order valence-electron chi connectivity index (χ0n) is 9.00. The Kier molecular flexibility index (Phi) is 4.81. The lowest BCUT2D eigenvalue weighted by atomic mass is 9.94. The Morgan fingerprint density at radius 2 is 2.21 bits per heavy atom. The van der Waals surface area contributed by atoms with Crippen LogP contribution in [-0.4, -0.2) is 38.0 Å². The maximum atomic E-state index is 5.98. The van der Waals surface area contributed by atoms with Gasteiger partial charge in [-0.15, -0.1) is 0 Å². The van der Waals surface area contributed by atoms with Gasteiger partial charge in [-0.2, -0.15) is 0 Å². The summed E-state index contributed by atoms with van der Waals surface area (Å²) in [5.74, 6) is 0. The van der Waals surface area contributed by atoms with E-state index in [1.54, 1.807) is 0 Å². The van der Waals surface area contributed by atoms with E-state index in [-0.39, 0.29) is 11.6 Å². The van der Waals surface area contributed by atoms with Crippen molar-refractivity contribution in [1.29, 1.82) is 0 Å². The zero-order chi connectivity index (χ0) is 10.4. The zero-order valence-corrected chi connectivity index (χ0v) is 9.00. The SMILES string of the molecule is CC1(CC(N)CCCN)COCCO1. The van der Waals surface area contributed by atoms with Crippen LogP contribution in [-0.2, 0) is 9.47 Å². The quantitative estimate of drug-likeness (QED) is 0.670. The maximum Gasteiger partial charge on any atom is 0.0902 e.